The van der Waals surface area contributed by atoms with E-state index in [1.165, 1.54) is 0 Å². The Balaban J connectivity index is 2.57. The third-order valence-corrected chi connectivity index (χ3v) is 3.61. The number of alkyl halides is 1. The van der Waals surface area contributed by atoms with Crippen LogP contribution in [0.1, 0.15) is 33.6 Å². The first-order valence-electron chi connectivity index (χ1n) is 6.68. The van der Waals surface area contributed by atoms with Gasteiger partial charge in [0.25, 0.3) is 0 Å². The van der Waals surface area contributed by atoms with E-state index >= 15 is 0 Å². The zero-order valence-corrected chi connectivity index (χ0v) is 12.2. The Morgan fingerprint density at radius 2 is 2.06 bits per heavy atom. The molecule has 1 aromatic rings. The van der Waals surface area contributed by atoms with E-state index < -0.39 is 0 Å². The van der Waals surface area contributed by atoms with Crippen molar-refractivity contribution in [1.82, 2.24) is 4.98 Å². The van der Waals surface area contributed by atoms with E-state index in [-0.39, 0.29) is 5.38 Å². The summed E-state index contributed by atoms with van der Waals surface area (Å²) in [6.07, 6.45) is 3.96. The molecule has 0 aromatic carbocycles. The van der Waals surface area contributed by atoms with Gasteiger partial charge in [-0.25, -0.2) is 4.98 Å². The summed E-state index contributed by atoms with van der Waals surface area (Å²) in [5, 5.41) is 3.40. The van der Waals surface area contributed by atoms with Gasteiger partial charge in [-0.1, -0.05) is 26.7 Å². The Morgan fingerprint density at radius 1 is 1.33 bits per heavy atom. The SMILES string of the molecule is CCOc1cccnc1NCC(Cl)C(CC)CC. The van der Waals surface area contributed by atoms with E-state index in [9.17, 15) is 0 Å². The van der Waals surface area contributed by atoms with Crippen molar-refractivity contribution in [3.8, 4) is 5.75 Å². The minimum absolute atomic E-state index is 0.122. The monoisotopic (exact) mass is 270 g/mol. The molecule has 102 valence electrons. The number of aromatic nitrogens is 1. The van der Waals surface area contributed by atoms with E-state index in [1.807, 2.05) is 19.1 Å². The van der Waals surface area contributed by atoms with E-state index in [0.717, 1.165) is 24.4 Å². The standard InChI is InChI=1S/C14H23ClN2O/c1-4-11(5-2)12(15)10-17-14-13(18-6-3)8-7-9-16-14/h7-9,11-12H,4-6,10H2,1-3H3,(H,16,17). The van der Waals surface area contributed by atoms with Gasteiger partial charge < -0.3 is 10.1 Å². The summed E-state index contributed by atoms with van der Waals surface area (Å²) in [5.74, 6) is 2.10. The summed E-state index contributed by atoms with van der Waals surface area (Å²) in [4.78, 5) is 4.29. The molecule has 0 radical (unpaired) electrons. The summed E-state index contributed by atoms with van der Waals surface area (Å²) in [6.45, 7) is 7.67. The van der Waals surface area contributed by atoms with Gasteiger partial charge in [0, 0.05) is 12.7 Å². The average molecular weight is 271 g/mol. The molecule has 4 heteroatoms. The van der Waals surface area contributed by atoms with Crippen molar-refractivity contribution in [2.24, 2.45) is 5.92 Å². The highest BCUT2D eigenvalue weighted by atomic mass is 35.5. The summed E-state index contributed by atoms with van der Waals surface area (Å²) in [5.41, 5.74) is 0. The minimum atomic E-state index is 0.122. The maximum Gasteiger partial charge on any atom is 0.168 e. The van der Waals surface area contributed by atoms with Crippen LogP contribution >= 0.6 is 11.6 Å². The number of ether oxygens (including phenoxy) is 1. The van der Waals surface area contributed by atoms with Crippen molar-refractivity contribution in [2.45, 2.75) is 39.0 Å². The van der Waals surface area contributed by atoms with Crippen LogP contribution in [0.15, 0.2) is 18.3 Å². The minimum Gasteiger partial charge on any atom is -0.490 e. The van der Waals surface area contributed by atoms with Crippen LogP contribution < -0.4 is 10.1 Å². The van der Waals surface area contributed by atoms with Crippen LogP contribution in [-0.2, 0) is 0 Å². The summed E-state index contributed by atoms with van der Waals surface area (Å²) >= 11 is 6.40. The van der Waals surface area contributed by atoms with Gasteiger partial charge in [-0.05, 0) is 25.0 Å². The van der Waals surface area contributed by atoms with E-state index in [4.69, 9.17) is 16.3 Å². The molecule has 0 aliphatic rings. The van der Waals surface area contributed by atoms with Gasteiger partial charge in [-0.3, -0.25) is 0 Å². The molecular formula is C14H23ClN2O. The lowest BCUT2D eigenvalue weighted by atomic mass is 9.99. The predicted octanol–water partition coefficient (Wildman–Crippen LogP) is 3.94. The Labute approximate surface area is 115 Å². The first kappa shape index (κ1) is 15.1. The predicted molar refractivity (Wildman–Crippen MR) is 77.6 cm³/mol. The molecule has 3 nitrogen and oxygen atoms in total. The molecular weight excluding hydrogens is 248 g/mol. The fourth-order valence-corrected chi connectivity index (χ4v) is 2.39. The molecule has 1 N–H and O–H groups in total. The molecule has 1 rings (SSSR count). The summed E-state index contributed by atoms with van der Waals surface area (Å²) in [7, 11) is 0. The van der Waals surface area contributed by atoms with E-state index in [1.54, 1.807) is 6.20 Å². The van der Waals surface area contributed by atoms with E-state index in [0.29, 0.717) is 19.1 Å². The molecule has 18 heavy (non-hydrogen) atoms. The van der Waals surface area contributed by atoms with Gasteiger partial charge in [0.05, 0.1) is 12.0 Å². The highest BCUT2D eigenvalue weighted by Gasteiger charge is 2.16. The van der Waals surface area contributed by atoms with Crippen molar-refractivity contribution in [1.29, 1.82) is 0 Å². The van der Waals surface area contributed by atoms with Gasteiger partial charge in [0.2, 0.25) is 0 Å². The van der Waals surface area contributed by atoms with Crippen LogP contribution in [0.2, 0.25) is 0 Å². The van der Waals surface area contributed by atoms with Crippen LogP contribution in [-0.4, -0.2) is 23.5 Å². The molecule has 0 amide bonds. The van der Waals surface area contributed by atoms with Gasteiger partial charge in [0.15, 0.2) is 11.6 Å². The highest BCUT2D eigenvalue weighted by molar-refractivity contribution is 6.21. The fourth-order valence-electron chi connectivity index (χ4n) is 1.96. The second kappa shape index (κ2) is 8.20. The quantitative estimate of drug-likeness (QED) is 0.727. The zero-order valence-electron chi connectivity index (χ0n) is 11.4. The van der Waals surface area contributed by atoms with Crippen molar-refractivity contribution >= 4 is 17.4 Å². The first-order valence-corrected chi connectivity index (χ1v) is 7.12. The Kier molecular flexibility index (Phi) is 6.88. The lowest BCUT2D eigenvalue weighted by Gasteiger charge is -2.20. The molecule has 0 bridgehead atoms. The molecule has 1 heterocycles. The average Bonchev–Trinajstić information content (AvgIpc) is 2.39. The van der Waals surface area contributed by atoms with Crippen molar-refractivity contribution in [3.63, 3.8) is 0 Å². The van der Waals surface area contributed by atoms with Crippen LogP contribution in [0, 0.1) is 5.92 Å². The number of rotatable bonds is 8. The highest BCUT2D eigenvalue weighted by Crippen LogP contribution is 2.23. The lowest BCUT2D eigenvalue weighted by molar-refractivity contribution is 0.340. The van der Waals surface area contributed by atoms with Crippen LogP contribution in [0.25, 0.3) is 0 Å². The zero-order chi connectivity index (χ0) is 13.4. The summed E-state index contributed by atoms with van der Waals surface area (Å²) < 4.78 is 5.51. The summed E-state index contributed by atoms with van der Waals surface area (Å²) in [6, 6.07) is 3.79. The first-order chi connectivity index (χ1) is 8.72. The number of hydrogen-bond donors (Lipinski definition) is 1. The molecule has 0 spiro atoms. The van der Waals surface area contributed by atoms with Crippen molar-refractivity contribution < 1.29 is 4.74 Å². The number of halogens is 1. The van der Waals surface area contributed by atoms with Gasteiger partial charge in [-0.15, -0.1) is 11.6 Å². The molecule has 1 atom stereocenters. The van der Waals surface area contributed by atoms with E-state index in [2.05, 4.69) is 24.1 Å². The maximum atomic E-state index is 6.40. The number of hydrogen-bond acceptors (Lipinski definition) is 3. The Hall–Kier alpha value is -0.960. The molecule has 1 unspecified atom stereocenters. The fraction of sp³-hybridized carbons (Fsp3) is 0.643. The van der Waals surface area contributed by atoms with Crippen LogP contribution in [0.4, 0.5) is 5.82 Å². The molecule has 0 aliphatic heterocycles. The van der Waals surface area contributed by atoms with Crippen molar-refractivity contribution in [2.75, 3.05) is 18.5 Å². The smallest absolute Gasteiger partial charge is 0.168 e. The largest absolute Gasteiger partial charge is 0.490 e. The number of pyridine rings is 1. The van der Waals surface area contributed by atoms with Crippen molar-refractivity contribution in [3.05, 3.63) is 18.3 Å². The Bertz CT molecular complexity index is 342. The molecule has 0 aliphatic carbocycles. The number of nitrogens with one attached hydrogen (secondary N) is 1. The van der Waals surface area contributed by atoms with Gasteiger partial charge in [0.1, 0.15) is 0 Å². The second-order valence-corrected chi connectivity index (χ2v) is 4.82. The molecule has 0 saturated carbocycles. The van der Waals surface area contributed by atoms with Crippen LogP contribution in [0.3, 0.4) is 0 Å². The molecule has 1 aromatic heterocycles. The van der Waals surface area contributed by atoms with Gasteiger partial charge in [-0.2, -0.15) is 0 Å². The normalized spacial score (nSPS) is 12.5. The van der Waals surface area contributed by atoms with Gasteiger partial charge >= 0.3 is 0 Å². The Morgan fingerprint density at radius 3 is 2.67 bits per heavy atom. The molecule has 0 saturated heterocycles. The number of nitrogens with zero attached hydrogens (tertiary/aromatic N) is 1. The third-order valence-electron chi connectivity index (χ3n) is 3.10. The van der Waals surface area contributed by atoms with Crippen LogP contribution in [0.5, 0.6) is 5.75 Å². The third kappa shape index (κ3) is 4.37. The second-order valence-electron chi connectivity index (χ2n) is 4.26. The maximum absolute atomic E-state index is 6.40. The topological polar surface area (TPSA) is 34.1 Å². The number of anilines is 1. The molecule has 0 fully saturated rings. The lowest BCUT2D eigenvalue weighted by Crippen LogP contribution is -2.23.